The molecule has 0 radical (unpaired) electrons. The van der Waals surface area contributed by atoms with Crippen molar-refractivity contribution in [3.05, 3.63) is 107 Å². The Morgan fingerprint density at radius 1 is 0.731 bits per heavy atom. The highest BCUT2D eigenvalue weighted by molar-refractivity contribution is 5.96. The largest absolute Gasteiger partial charge is 0.399 e. The highest BCUT2D eigenvalue weighted by atomic mass is 14.6. The van der Waals surface area contributed by atoms with E-state index in [2.05, 4.69) is 72.8 Å². The molecule has 0 aromatic heterocycles. The van der Waals surface area contributed by atoms with E-state index >= 15 is 0 Å². The van der Waals surface area contributed by atoms with E-state index in [-0.39, 0.29) is 5.41 Å². The number of hydrogen-bond donors (Lipinski definition) is 1. The molecule has 1 nitrogen and oxygen atoms in total. The summed E-state index contributed by atoms with van der Waals surface area (Å²) >= 11 is 0. The maximum absolute atomic E-state index is 6.27. The Bertz CT molecular complexity index is 1150. The molecular weight excluding hydrogens is 314 g/mol. The standard InChI is InChI=1S/C25H19N/c26-16-13-14-20-19-9-3-6-12-23(19)25(24(20)15-16)21-10-4-1-7-17(21)18-8-2-5-11-22(18)25/h1,3-7,9-15H,2,8,26H2. The minimum Gasteiger partial charge on any atom is -0.399 e. The quantitative estimate of drug-likeness (QED) is 0.525. The minimum absolute atomic E-state index is 0.218. The van der Waals surface area contributed by atoms with Gasteiger partial charge in [0.1, 0.15) is 0 Å². The number of anilines is 1. The van der Waals surface area contributed by atoms with Gasteiger partial charge in [-0.3, -0.25) is 0 Å². The number of fused-ring (bicyclic) bond motifs is 9. The van der Waals surface area contributed by atoms with E-state index in [1.807, 2.05) is 6.07 Å². The van der Waals surface area contributed by atoms with Gasteiger partial charge >= 0.3 is 0 Å². The molecule has 3 aromatic rings. The van der Waals surface area contributed by atoms with Gasteiger partial charge < -0.3 is 5.73 Å². The van der Waals surface area contributed by atoms with Crippen molar-refractivity contribution >= 4 is 11.3 Å². The Labute approximate surface area is 153 Å². The van der Waals surface area contributed by atoms with Crippen molar-refractivity contribution in [2.75, 3.05) is 5.73 Å². The lowest BCUT2D eigenvalue weighted by Crippen LogP contribution is -2.27. The average molecular weight is 333 g/mol. The van der Waals surface area contributed by atoms with Crippen molar-refractivity contribution in [3.63, 3.8) is 0 Å². The number of nitrogen functional groups attached to an aromatic ring is 1. The fourth-order valence-electron chi connectivity index (χ4n) is 5.39. The molecule has 0 heterocycles. The van der Waals surface area contributed by atoms with Crippen LogP contribution in [0.1, 0.15) is 35.1 Å². The van der Waals surface area contributed by atoms with Crippen LogP contribution in [0.2, 0.25) is 0 Å². The number of allylic oxidation sites excluding steroid dienone is 4. The van der Waals surface area contributed by atoms with Gasteiger partial charge in [0.2, 0.25) is 0 Å². The van der Waals surface area contributed by atoms with Crippen molar-refractivity contribution in [1.82, 2.24) is 0 Å². The van der Waals surface area contributed by atoms with Crippen LogP contribution in [0.5, 0.6) is 0 Å². The van der Waals surface area contributed by atoms with Crippen molar-refractivity contribution < 1.29 is 0 Å². The van der Waals surface area contributed by atoms with E-state index in [0.29, 0.717) is 0 Å². The summed E-state index contributed by atoms with van der Waals surface area (Å²) in [5, 5.41) is 0. The molecule has 1 unspecified atom stereocenters. The molecule has 0 saturated carbocycles. The van der Waals surface area contributed by atoms with Crippen LogP contribution in [0, 0.1) is 0 Å². The molecule has 3 aromatic carbocycles. The zero-order chi connectivity index (χ0) is 17.3. The lowest BCUT2D eigenvalue weighted by molar-refractivity contribution is 0.781. The molecule has 0 amide bonds. The number of rotatable bonds is 0. The van der Waals surface area contributed by atoms with Gasteiger partial charge in [0.25, 0.3) is 0 Å². The second-order valence-electron chi connectivity index (χ2n) is 7.48. The van der Waals surface area contributed by atoms with E-state index in [0.717, 1.165) is 18.5 Å². The van der Waals surface area contributed by atoms with Crippen LogP contribution in [0.3, 0.4) is 0 Å². The second-order valence-corrected chi connectivity index (χ2v) is 7.48. The fraction of sp³-hybridized carbons (Fsp3) is 0.120. The molecule has 0 bridgehead atoms. The maximum Gasteiger partial charge on any atom is 0.0722 e. The van der Waals surface area contributed by atoms with E-state index in [1.165, 1.54) is 44.5 Å². The predicted molar refractivity (Wildman–Crippen MR) is 108 cm³/mol. The van der Waals surface area contributed by atoms with Crippen LogP contribution >= 0.6 is 0 Å². The third kappa shape index (κ3) is 1.48. The molecule has 0 saturated heterocycles. The molecule has 0 aliphatic heterocycles. The Balaban J connectivity index is 1.84. The van der Waals surface area contributed by atoms with Gasteiger partial charge in [-0.15, -0.1) is 0 Å². The molecule has 0 fully saturated rings. The summed E-state index contributed by atoms with van der Waals surface area (Å²) in [5.41, 5.74) is 18.0. The second kappa shape index (κ2) is 4.76. The molecule has 3 aliphatic rings. The maximum atomic E-state index is 6.27. The highest BCUT2D eigenvalue weighted by Gasteiger charge is 2.52. The van der Waals surface area contributed by atoms with Gasteiger partial charge in [-0.2, -0.15) is 0 Å². The van der Waals surface area contributed by atoms with Crippen LogP contribution in [-0.4, -0.2) is 0 Å². The fourth-order valence-corrected chi connectivity index (χ4v) is 5.39. The normalized spacial score (nSPS) is 21.5. The van der Waals surface area contributed by atoms with Crippen molar-refractivity contribution in [1.29, 1.82) is 0 Å². The summed E-state index contributed by atoms with van der Waals surface area (Å²) < 4.78 is 0. The summed E-state index contributed by atoms with van der Waals surface area (Å²) in [6.07, 6.45) is 6.94. The van der Waals surface area contributed by atoms with E-state index in [9.17, 15) is 0 Å². The van der Waals surface area contributed by atoms with Gasteiger partial charge in [0.05, 0.1) is 5.41 Å². The third-order valence-electron chi connectivity index (χ3n) is 6.30. The van der Waals surface area contributed by atoms with Gasteiger partial charge in [-0.25, -0.2) is 0 Å². The first-order valence-electron chi connectivity index (χ1n) is 9.32. The highest BCUT2D eigenvalue weighted by Crippen LogP contribution is 2.63. The Morgan fingerprint density at radius 2 is 1.42 bits per heavy atom. The SMILES string of the molecule is Nc1ccc2c(c1)C1(C3=C(CCC=C3)c3ccccc31)c1ccccc1-2. The van der Waals surface area contributed by atoms with Crippen LogP contribution in [0.15, 0.2) is 84.5 Å². The Morgan fingerprint density at radius 3 is 2.27 bits per heavy atom. The Hall–Kier alpha value is -3.06. The predicted octanol–water partition coefficient (Wildman–Crippen LogP) is 5.70. The molecule has 26 heavy (non-hydrogen) atoms. The summed E-state index contributed by atoms with van der Waals surface area (Å²) in [4.78, 5) is 0. The lowest BCUT2D eigenvalue weighted by atomic mass is 9.69. The summed E-state index contributed by atoms with van der Waals surface area (Å²) in [5.74, 6) is 0. The van der Waals surface area contributed by atoms with Crippen LogP contribution < -0.4 is 5.73 Å². The molecule has 6 rings (SSSR count). The zero-order valence-corrected chi connectivity index (χ0v) is 14.5. The first kappa shape index (κ1) is 14.1. The van der Waals surface area contributed by atoms with Crippen molar-refractivity contribution in [3.8, 4) is 11.1 Å². The topological polar surface area (TPSA) is 26.0 Å². The molecule has 2 N–H and O–H groups in total. The van der Waals surface area contributed by atoms with E-state index in [1.54, 1.807) is 0 Å². The number of benzene rings is 3. The first-order chi connectivity index (χ1) is 12.8. The van der Waals surface area contributed by atoms with Crippen molar-refractivity contribution in [2.24, 2.45) is 0 Å². The summed E-state index contributed by atoms with van der Waals surface area (Å²) in [6.45, 7) is 0. The van der Waals surface area contributed by atoms with Crippen LogP contribution in [0.25, 0.3) is 16.7 Å². The van der Waals surface area contributed by atoms with E-state index in [4.69, 9.17) is 5.73 Å². The zero-order valence-electron chi connectivity index (χ0n) is 14.5. The summed E-state index contributed by atoms with van der Waals surface area (Å²) in [6, 6.07) is 24.3. The molecule has 1 atom stereocenters. The van der Waals surface area contributed by atoms with Gasteiger partial charge in [-0.05, 0) is 69.5 Å². The van der Waals surface area contributed by atoms with Crippen molar-refractivity contribution in [2.45, 2.75) is 18.3 Å². The number of hydrogen-bond acceptors (Lipinski definition) is 1. The average Bonchev–Trinajstić information content (AvgIpc) is 3.15. The number of nitrogens with two attached hydrogens (primary N) is 1. The van der Waals surface area contributed by atoms with Crippen LogP contribution in [0.4, 0.5) is 5.69 Å². The minimum atomic E-state index is -0.218. The first-order valence-corrected chi connectivity index (χ1v) is 9.32. The smallest absolute Gasteiger partial charge is 0.0722 e. The third-order valence-corrected chi connectivity index (χ3v) is 6.30. The molecular formula is C25H19N. The molecule has 1 spiro atoms. The monoisotopic (exact) mass is 333 g/mol. The molecule has 1 heteroatoms. The summed E-state index contributed by atoms with van der Waals surface area (Å²) in [7, 11) is 0. The van der Waals surface area contributed by atoms with Gasteiger partial charge in [-0.1, -0.05) is 66.7 Å². The van der Waals surface area contributed by atoms with E-state index < -0.39 is 0 Å². The molecule has 3 aliphatic carbocycles. The lowest BCUT2D eigenvalue weighted by Gasteiger charge is -2.32. The Kier molecular flexibility index (Phi) is 2.59. The van der Waals surface area contributed by atoms with Gasteiger partial charge in [0, 0.05) is 5.69 Å². The molecule has 124 valence electrons. The van der Waals surface area contributed by atoms with Gasteiger partial charge in [0.15, 0.2) is 0 Å². The van der Waals surface area contributed by atoms with Crippen LogP contribution in [-0.2, 0) is 5.41 Å².